The molecule has 3 saturated carbocycles. The second-order valence-corrected chi connectivity index (χ2v) is 16.0. The summed E-state index contributed by atoms with van der Waals surface area (Å²) in [5.74, 6) is -1.40. The quantitative estimate of drug-likeness (QED) is 0.166. The molecule has 0 amide bonds. The predicted octanol–water partition coefficient (Wildman–Crippen LogP) is -0.322. The predicted molar refractivity (Wildman–Crippen MR) is 159 cm³/mol. The smallest absolute Gasteiger partial charge is 0.187 e. The van der Waals surface area contributed by atoms with Gasteiger partial charge in [0.25, 0.3) is 0 Å². The van der Waals surface area contributed by atoms with E-state index in [9.17, 15) is 50.8 Å². The minimum atomic E-state index is -1.69. The van der Waals surface area contributed by atoms with Gasteiger partial charge in [-0.25, -0.2) is 0 Å². The normalized spacial score (nSPS) is 48.9. The molecule has 5 aliphatic rings. The first-order valence-electron chi connectivity index (χ1n) is 16.5. The van der Waals surface area contributed by atoms with Gasteiger partial charge in [-0.2, -0.15) is 0 Å². The molecule has 0 aromatic rings. The first-order chi connectivity index (χ1) is 20.7. The molecule has 1 saturated heterocycles. The number of hydrogen-bond acceptors (Lipinski definition) is 12. The fourth-order valence-corrected chi connectivity index (χ4v) is 9.86. The van der Waals surface area contributed by atoms with Crippen molar-refractivity contribution in [3.8, 4) is 0 Å². The van der Waals surface area contributed by atoms with E-state index < -0.39 is 95.1 Å². The Balaban J connectivity index is 1.47. The molecule has 0 aromatic heterocycles. The molecule has 15 atom stereocenters. The highest BCUT2D eigenvalue weighted by Crippen LogP contribution is 2.68. The van der Waals surface area contributed by atoms with Gasteiger partial charge in [-0.3, -0.25) is 4.79 Å². The molecule has 4 fully saturated rings. The Kier molecular flexibility index (Phi) is 9.28. The molecule has 1 heterocycles. The summed E-state index contributed by atoms with van der Waals surface area (Å²) in [5.41, 5.74) is -5.20. The number of rotatable bonds is 8. The number of fused-ring (bicyclic) bond motifs is 5. The summed E-state index contributed by atoms with van der Waals surface area (Å²) < 4.78 is 11.8. The average molecular weight is 643 g/mol. The Bertz CT molecular complexity index is 1150. The number of aliphatic hydroxyl groups is 9. The van der Waals surface area contributed by atoms with Crippen LogP contribution in [0.15, 0.2) is 11.6 Å². The van der Waals surface area contributed by atoms with Crippen LogP contribution in [0.4, 0.5) is 0 Å². The van der Waals surface area contributed by atoms with Crippen LogP contribution in [0.3, 0.4) is 0 Å². The van der Waals surface area contributed by atoms with Gasteiger partial charge in [-0.05, 0) is 101 Å². The van der Waals surface area contributed by atoms with E-state index in [1.807, 2.05) is 13.8 Å². The topological polar surface area (TPSA) is 218 Å². The number of ketones is 1. The largest absolute Gasteiger partial charge is 0.394 e. The van der Waals surface area contributed by atoms with E-state index in [0.29, 0.717) is 24.8 Å². The van der Waals surface area contributed by atoms with Gasteiger partial charge in [-0.15, -0.1) is 0 Å². The Morgan fingerprint density at radius 1 is 0.978 bits per heavy atom. The number of allylic oxidation sites excluding steroid dienone is 1. The van der Waals surface area contributed by atoms with Crippen molar-refractivity contribution in [2.45, 2.75) is 152 Å². The number of ether oxygens (including phenoxy) is 2. The zero-order valence-corrected chi connectivity index (χ0v) is 27.0. The van der Waals surface area contributed by atoms with E-state index in [0.717, 1.165) is 0 Å². The summed E-state index contributed by atoms with van der Waals surface area (Å²) in [6, 6.07) is 0. The lowest BCUT2D eigenvalue weighted by Gasteiger charge is -2.61. The van der Waals surface area contributed by atoms with Crippen LogP contribution in [0.25, 0.3) is 0 Å². The van der Waals surface area contributed by atoms with Crippen molar-refractivity contribution in [2.75, 3.05) is 6.61 Å². The fraction of sp³-hybridized carbons (Fsp3) is 0.909. The molecule has 5 rings (SSSR count). The van der Waals surface area contributed by atoms with Crippen molar-refractivity contribution in [2.24, 2.45) is 28.6 Å². The molecule has 258 valence electrons. The summed E-state index contributed by atoms with van der Waals surface area (Å²) >= 11 is 0. The van der Waals surface area contributed by atoms with Crippen LogP contribution in [-0.4, -0.2) is 124 Å². The second-order valence-electron chi connectivity index (χ2n) is 16.0. The summed E-state index contributed by atoms with van der Waals surface area (Å²) in [7, 11) is 0. The molecule has 45 heavy (non-hydrogen) atoms. The Hall–Kier alpha value is -1.03. The number of carbonyl (C=O) groups is 1. The first kappa shape index (κ1) is 35.3. The SMILES string of the molecule is CC(C)(O)CC[C@H](OC1O[C@H](CO)[C@H](O)[C@H](O)[C@H]1O)[C@](C)(O)[C@H]1CC[C@@]2(O)C3=CC(=O)[C@@H]4C[C@@H](O)[C@@H](O)C[C@]4(C)[C@H]3CC[C@]12C. The van der Waals surface area contributed by atoms with E-state index in [1.165, 1.54) is 0 Å². The summed E-state index contributed by atoms with van der Waals surface area (Å²) in [4.78, 5) is 13.5. The number of hydrogen-bond donors (Lipinski definition) is 9. The molecule has 0 aromatic carbocycles. The molecule has 12 nitrogen and oxygen atoms in total. The highest BCUT2D eigenvalue weighted by molar-refractivity contribution is 5.95. The maximum Gasteiger partial charge on any atom is 0.187 e. The van der Waals surface area contributed by atoms with Gasteiger partial charge in [0.15, 0.2) is 12.1 Å². The van der Waals surface area contributed by atoms with E-state index in [-0.39, 0.29) is 43.8 Å². The standard InChI is InChI=1S/C33H54O12/c1-29(2,41)9-8-24(45-28-27(40)26(39)25(38)22(15-34)44-28)32(5,42)23-7-11-33(43)17-12-19(35)18-13-20(36)21(37)14-30(18,3)16(17)6-10-31(23,33)4/h12,16,18,20-28,34,36-43H,6-11,13-15H2,1-5H3/t16-,18-,20+,21-,22+,23-,24-,25-,26-,27+,28?,30+,31+,32+,33+/m0/s1. The van der Waals surface area contributed by atoms with Gasteiger partial charge in [-0.1, -0.05) is 13.8 Å². The van der Waals surface area contributed by atoms with E-state index in [4.69, 9.17) is 9.47 Å². The van der Waals surface area contributed by atoms with Gasteiger partial charge >= 0.3 is 0 Å². The van der Waals surface area contributed by atoms with Crippen LogP contribution in [-0.2, 0) is 14.3 Å². The molecule has 12 heteroatoms. The van der Waals surface area contributed by atoms with Crippen molar-refractivity contribution in [3.63, 3.8) is 0 Å². The lowest BCUT2D eigenvalue weighted by molar-refractivity contribution is -0.328. The van der Waals surface area contributed by atoms with Gasteiger partial charge in [0.2, 0.25) is 0 Å². The molecule has 9 N–H and O–H groups in total. The van der Waals surface area contributed by atoms with Crippen LogP contribution in [0.2, 0.25) is 0 Å². The summed E-state index contributed by atoms with van der Waals surface area (Å²) in [6.45, 7) is 8.06. The minimum absolute atomic E-state index is 0.111. The van der Waals surface area contributed by atoms with Crippen LogP contribution < -0.4 is 0 Å². The molecule has 0 spiro atoms. The molecular formula is C33H54O12. The summed E-state index contributed by atoms with van der Waals surface area (Å²) in [6.07, 6.45) is -6.69. The maximum absolute atomic E-state index is 13.5. The van der Waals surface area contributed by atoms with Gasteiger partial charge in [0.1, 0.15) is 24.4 Å². The zero-order valence-electron chi connectivity index (χ0n) is 27.0. The number of aliphatic hydroxyl groups excluding tert-OH is 6. The first-order valence-corrected chi connectivity index (χ1v) is 16.5. The van der Waals surface area contributed by atoms with Crippen LogP contribution in [0.1, 0.15) is 86.0 Å². The third-order valence-corrected chi connectivity index (χ3v) is 12.6. The second kappa shape index (κ2) is 11.8. The highest BCUT2D eigenvalue weighted by atomic mass is 16.7. The molecular weight excluding hydrogens is 588 g/mol. The number of carbonyl (C=O) groups excluding carboxylic acids is 1. The molecule has 0 radical (unpaired) electrons. The highest BCUT2D eigenvalue weighted by Gasteiger charge is 2.69. The van der Waals surface area contributed by atoms with Crippen molar-refractivity contribution in [1.29, 1.82) is 0 Å². The minimum Gasteiger partial charge on any atom is -0.394 e. The van der Waals surface area contributed by atoms with Crippen LogP contribution in [0, 0.1) is 28.6 Å². The van der Waals surface area contributed by atoms with Crippen LogP contribution in [0.5, 0.6) is 0 Å². The fourth-order valence-electron chi connectivity index (χ4n) is 9.86. The lowest BCUT2D eigenvalue weighted by atomic mass is 9.45. The maximum atomic E-state index is 13.5. The van der Waals surface area contributed by atoms with E-state index >= 15 is 0 Å². The molecule has 0 bridgehead atoms. The Morgan fingerprint density at radius 3 is 2.27 bits per heavy atom. The Morgan fingerprint density at radius 2 is 1.64 bits per heavy atom. The van der Waals surface area contributed by atoms with Gasteiger partial charge in [0.05, 0.1) is 41.7 Å². The van der Waals surface area contributed by atoms with Crippen molar-refractivity contribution in [3.05, 3.63) is 11.6 Å². The molecule has 4 aliphatic carbocycles. The van der Waals surface area contributed by atoms with Gasteiger partial charge in [0, 0.05) is 11.3 Å². The lowest BCUT2D eigenvalue weighted by Crippen LogP contribution is -2.64. The zero-order chi connectivity index (χ0) is 33.5. The average Bonchev–Trinajstić information content (AvgIpc) is 3.23. The summed E-state index contributed by atoms with van der Waals surface area (Å²) in [5, 5.41) is 97.6. The van der Waals surface area contributed by atoms with E-state index in [2.05, 4.69) is 0 Å². The van der Waals surface area contributed by atoms with Gasteiger partial charge < -0.3 is 55.4 Å². The third-order valence-electron chi connectivity index (χ3n) is 12.6. The monoisotopic (exact) mass is 642 g/mol. The van der Waals surface area contributed by atoms with Crippen molar-refractivity contribution in [1.82, 2.24) is 0 Å². The molecule has 1 aliphatic heterocycles. The van der Waals surface area contributed by atoms with Crippen molar-refractivity contribution < 1.29 is 60.2 Å². The van der Waals surface area contributed by atoms with Crippen molar-refractivity contribution >= 4 is 5.78 Å². The van der Waals surface area contributed by atoms with Crippen LogP contribution >= 0.6 is 0 Å². The molecule has 1 unspecified atom stereocenters. The Labute approximate surface area is 264 Å². The van der Waals surface area contributed by atoms with E-state index in [1.54, 1.807) is 26.8 Å². The third kappa shape index (κ3) is 5.65.